The predicted molar refractivity (Wildman–Crippen MR) is 120 cm³/mol. The Labute approximate surface area is 190 Å². The van der Waals surface area contributed by atoms with Crippen molar-refractivity contribution in [2.24, 2.45) is 10.7 Å². The van der Waals surface area contributed by atoms with Gasteiger partial charge in [0, 0.05) is 25.7 Å². The van der Waals surface area contributed by atoms with Gasteiger partial charge in [0.1, 0.15) is 6.61 Å². The van der Waals surface area contributed by atoms with E-state index in [0.717, 1.165) is 11.1 Å². The topological polar surface area (TPSA) is 88.7 Å². The van der Waals surface area contributed by atoms with Crippen molar-refractivity contribution in [3.8, 4) is 0 Å². The maximum atomic E-state index is 12.1. The van der Waals surface area contributed by atoms with Crippen LogP contribution in [0, 0.1) is 0 Å². The van der Waals surface area contributed by atoms with Gasteiger partial charge in [-0.05, 0) is 28.8 Å². The SMILES string of the molecule is CN=C(NCc1ccc(COCC(F)(F)F)cc1)NCc1cccc(C(N)=O)c1.I. The van der Waals surface area contributed by atoms with E-state index >= 15 is 0 Å². The third kappa shape index (κ3) is 9.44. The van der Waals surface area contributed by atoms with Crippen LogP contribution in [0.1, 0.15) is 27.0 Å². The van der Waals surface area contributed by atoms with E-state index in [1.807, 2.05) is 18.2 Å². The summed E-state index contributed by atoms with van der Waals surface area (Å²) >= 11 is 0. The Morgan fingerprint density at radius 2 is 1.63 bits per heavy atom. The van der Waals surface area contributed by atoms with Crippen molar-refractivity contribution in [2.75, 3.05) is 13.7 Å². The number of carbonyl (C=O) groups excluding carboxylic acids is 1. The minimum atomic E-state index is -4.33. The maximum absolute atomic E-state index is 12.1. The molecule has 0 aromatic heterocycles. The summed E-state index contributed by atoms with van der Waals surface area (Å²) in [5.41, 5.74) is 8.19. The number of nitrogens with zero attached hydrogens (tertiary/aromatic N) is 1. The highest BCUT2D eigenvalue weighted by molar-refractivity contribution is 14.0. The smallest absolute Gasteiger partial charge is 0.367 e. The van der Waals surface area contributed by atoms with Gasteiger partial charge in [-0.1, -0.05) is 36.4 Å². The van der Waals surface area contributed by atoms with Crippen molar-refractivity contribution in [2.45, 2.75) is 25.9 Å². The molecule has 2 aromatic rings. The van der Waals surface area contributed by atoms with Crippen LogP contribution < -0.4 is 16.4 Å². The molecule has 0 bridgehead atoms. The Morgan fingerprint density at radius 1 is 1.03 bits per heavy atom. The fourth-order valence-corrected chi connectivity index (χ4v) is 2.46. The molecule has 164 valence electrons. The van der Waals surface area contributed by atoms with E-state index in [-0.39, 0.29) is 30.6 Å². The van der Waals surface area contributed by atoms with E-state index in [1.54, 1.807) is 37.4 Å². The molecule has 30 heavy (non-hydrogen) atoms. The second kappa shape index (κ2) is 12.4. The third-order valence-electron chi connectivity index (χ3n) is 3.91. The van der Waals surface area contributed by atoms with Crippen LogP contribution in [0.4, 0.5) is 13.2 Å². The summed E-state index contributed by atoms with van der Waals surface area (Å²) in [6.07, 6.45) is -4.33. The van der Waals surface area contributed by atoms with Crippen LogP contribution in [0.25, 0.3) is 0 Å². The van der Waals surface area contributed by atoms with Gasteiger partial charge in [0.05, 0.1) is 6.61 Å². The number of nitrogens with two attached hydrogens (primary N) is 1. The van der Waals surface area contributed by atoms with Gasteiger partial charge >= 0.3 is 6.18 Å². The average Bonchev–Trinajstić information content (AvgIpc) is 2.68. The van der Waals surface area contributed by atoms with Gasteiger partial charge in [-0.25, -0.2) is 0 Å². The number of carbonyl (C=O) groups is 1. The Bertz CT molecular complexity index is 843. The highest BCUT2D eigenvalue weighted by atomic mass is 127. The van der Waals surface area contributed by atoms with Gasteiger partial charge in [-0.2, -0.15) is 13.2 Å². The molecule has 0 aliphatic carbocycles. The standard InChI is InChI=1S/C20H23F3N4O2.HI/c1-25-19(27-11-16-3-2-4-17(9-16)18(24)28)26-10-14-5-7-15(8-6-14)12-29-13-20(21,22)23;/h2-9H,10-13H2,1H3,(H2,24,28)(H2,25,26,27);1H. The number of nitrogens with one attached hydrogen (secondary N) is 2. The lowest BCUT2D eigenvalue weighted by atomic mass is 10.1. The van der Waals surface area contributed by atoms with Crippen molar-refractivity contribution in [3.63, 3.8) is 0 Å². The summed E-state index contributed by atoms with van der Waals surface area (Å²) in [6.45, 7) is -0.428. The highest BCUT2D eigenvalue weighted by Crippen LogP contribution is 2.15. The zero-order chi connectivity index (χ0) is 21.3. The summed E-state index contributed by atoms with van der Waals surface area (Å²) in [6, 6.07) is 14.0. The number of hydrogen-bond donors (Lipinski definition) is 3. The summed E-state index contributed by atoms with van der Waals surface area (Å²) in [5.74, 6) is 0.0775. The number of alkyl halides is 3. The van der Waals surface area contributed by atoms with Gasteiger partial charge in [0.15, 0.2) is 5.96 Å². The van der Waals surface area contributed by atoms with E-state index in [1.165, 1.54) is 0 Å². The number of guanidine groups is 1. The molecule has 0 heterocycles. The number of halogens is 4. The minimum absolute atomic E-state index is 0. The van der Waals surface area contributed by atoms with Crippen LogP contribution in [-0.2, 0) is 24.4 Å². The molecule has 6 nitrogen and oxygen atoms in total. The molecule has 2 rings (SSSR count). The average molecular weight is 536 g/mol. The van der Waals surface area contributed by atoms with Gasteiger partial charge < -0.3 is 21.1 Å². The number of rotatable bonds is 8. The first-order valence-electron chi connectivity index (χ1n) is 8.82. The zero-order valence-corrected chi connectivity index (χ0v) is 18.7. The number of primary amides is 1. The van der Waals surface area contributed by atoms with Gasteiger partial charge in [-0.15, -0.1) is 24.0 Å². The molecule has 0 aliphatic rings. The first kappa shape index (κ1) is 25.7. The van der Waals surface area contributed by atoms with Crippen molar-refractivity contribution in [3.05, 3.63) is 70.8 Å². The van der Waals surface area contributed by atoms with Crippen LogP contribution in [0.5, 0.6) is 0 Å². The molecule has 0 radical (unpaired) electrons. The lowest BCUT2D eigenvalue weighted by Crippen LogP contribution is -2.36. The van der Waals surface area contributed by atoms with Crippen molar-refractivity contribution < 1.29 is 22.7 Å². The van der Waals surface area contributed by atoms with E-state index in [0.29, 0.717) is 30.2 Å². The molecule has 0 unspecified atom stereocenters. The lowest BCUT2D eigenvalue weighted by Gasteiger charge is -2.13. The van der Waals surface area contributed by atoms with E-state index < -0.39 is 18.7 Å². The first-order valence-corrected chi connectivity index (χ1v) is 8.82. The lowest BCUT2D eigenvalue weighted by molar-refractivity contribution is -0.176. The number of amides is 1. The molecular formula is C20H24F3IN4O2. The molecule has 4 N–H and O–H groups in total. The molecule has 10 heteroatoms. The predicted octanol–water partition coefficient (Wildman–Crippen LogP) is 3.35. The molecule has 0 fully saturated rings. The number of benzene rings is 2. The summed E-state index contributed by atoms with van der Waals surface area (Å²) in [7, 11) is 1.64. The normalized spacial score (nSPS) is 11.5. The van der Waals surface area contributed by atoms with Crippen LogP contribution >= 0.6 is 24.0 Å². The van der Waals surface area contributed by atoms with Gasteiger partial charge in [-0.3, -0.25) is 9.79 Å². The quantitative estimate of drug-likeness (QED) is 0.275. The molecule has 1 amide bonds. The molecule has 2 aromatic carbocycles. The zero-order valence-electron chi connectivity index (χ0n) is 16.3. The van der Waals surface area contributed by atoms with E-state index in [4.69, 9.17) is 5.73 Å². The molecule has 0 saturated carbocycles. The first-order chi connectivity index (χ1) is 13.8. The molecule has 0 spiro atoms. The molecule has 0 saturated heterocycles. The molecule has 0 aliphatic heterocycles. The van der Waals surface area contributed by atoms with E-state index in [2.05, 4.69) is 20.4 Å². The summed E-state index contributed by atoms with van der Waals surface area (Å²) < 4.78 is 40.9. The van der Waals surface area contributed by atoms with Crippen LogP contribution in [0.3, 0.4) is 0 Å². The Balaban J connectivity index is 0.00000450. The van der Waals surface area contributed by atoms with Crippen molar-refractivity contribution in [1.82, 2.24) is 10.6 Å². The van der Waals surface area contributed by atoms with Crippen LogP contribution in [0.15, 0.2) is 53.5 Å². The maximum Gasteiger partial charge on any atom is 0.411 e. The summed E-state index contributed by atoms with van der Waals surface area (Å²) in [5, 5.41) is 6.28. The van der Waals surface area contributed by atoms with Crippen molar-refractivity contribution in [1.29, 1.82) is 0 Å². The largest absolute Gasteiger partial charge is 0.411 e. The fourth-order valence-electron chi connectivity index (χ4n) is 2.46. The Hall–Kier alpha value is -2.34. The second-order valence-electron chi connectivity index (χ2n) is 6.27. The Kier molecular flexibility index (Phi) is 10.6. The van der Waals surface area contributed by atoms with Crippen LogP contribution in [0.2, 0.25) is 0 Å². The third-order valence-corrected chi connectivity index (χ3v) is 3.91. The van der Waals surface area contributed by atoms with E-state index in [9.17, 15) is 18.0 Å². The second-order valence-corrected chi connectivity index (χ2v) is 6.27. The fraction of sp³-hybridized carbons (Fsp3) is 0.300. The highest BCUT2D eigenvalue weighted by Gasteiger charge is 2.27. The molecular weight excluding hydrogens is 512 g/mol. The van der Waals surface area contributed by atoms with Gasteiger partial charge in [0.25, 0.3) is 0 Å². The number of ether oxygens (including phenoxy) is 1. The monoisotopic (exact) mass is 536 g/mol. The summed E-state index contributed by atoms with van der Waals surface area (Å²) in [4.78, 5) is 15.4. The van der Waals surface area contributed by atoms with Crippen LogP contribution in [-0.4, -0.2) is 31.7 Å². The van der Waals surface area contributed by atoms with Crippen molar-refractivity contribution >= 4 is 35.8 Å². The Morgan fingerprint density at radius 3 is 2.20 bits per heavy atom. The minimum Gasteiger partial charge on any atom is -0.367 e. The number of aliphatic imine (C=N–C) groups is 1. The molecule has 0 atom stereocenters. The number of hydrogen-bond acceptors (Lipinski definition) is 3. The van der Waals surface area contributed by atoms with Gasteiger partial charge in [0.2, 0.25) is 5.91 Å².